The second-order valence-electron chi connectivity index (χ2n) is 5.13. The second kappa shape index (κ2) is 8.94. The highest BCUT2D eigenvalue weighted by atomic mass is 16.4. The molecular weight excluding hydrogens is 270 g/mol. The van der Waals surface area contributed by atoms with Gasteiger partial charge in [0.1, 0.15) is 0 Å². The van der Waals surface area contributed by atoms with Gasteiger partial charge in [-0.05, 0) is 37.3 Å². The summed E-state index contributed by atoms with van der Waals surface area (Å²) in [5.41, 5.74) is 1.64. The van der Waals surface area contributed by atoms with Gasteiger partial charge in [0.05, 0.1) is 11.9 Å². The zero-order valence-electron chi connectivity index (χ0n) is 12.6. The minimum Gasteiger partial charge on any atom is -0.481 e. The van der Waals surface area contributed by atoms with Crippen molar-refractivity contribution < 1.29 is 14.7 Å². The van der Waals surface area contributed by atoms with Crippen LogP contribution in [0.3, 0.4) is 0 Å². The van der Waals surface area contributed by atoms with Gasteiger partial charge >= 0.3 is 12.0 Å². The van der Waals surface area contributed by atoms with E-state index in [0.717, 1.165) is 18.4 Å². The molecule has 0 fully saturated rings. The molecule has 0 bridgehead atoms. The average molecular weight is 293 g/mol. The van der Waals surface area contributed by atoms with Crippen LogP contribution >= 0.6 is 0 Å². The number of aromatic nitrogens is 1. The van der Waals surface area contributed by atoms with Crippen molar-refractivity contribution in [1.29, 1.82) is 0 Å². The van der Waals surface area contributed by atoms with Crippen molar-refractivity contribution in [1.82, 2.24) is 10.3 Å². The topological polar surface area (TPSA) is 91.3 Å². The number of carboxylic acids is 1. The maximum Gasteiger partial charge on any atom is 0.319 e. The standard InChI is InChI=1S/C15H23N3O3/c1-3-12(4-5-14(19)20)6-7-17-15(21)18-13-8-11(2)9-16-10-13/h8-10,12H,3-7H2,1-2H3,(H,19,20)(H2,17,18,21). The number of carboxylic acid groups (broad SMARTS) is 1. The summed E-state index contributed by atoms with van der Waals surface area (Å²) in [6, 6.07) is 1.57. The SMILES string of the molecule is CCC(CCNC(=O)Nc1cncc(C)c1)CCC(=O)O. The Morgan fingerprint density at radius 3 is 2.71 bits per heavy atom. The normalized spacial score (nSPS) is 11.7. The third kappa shape index (κ3) is 7.29. The third-order valence-corrected chi connectivity index (χ3v) is 3.31. The van der Waals surface area contributed by atoms with E-state index in [1.807, 2.05) is 19.9 Å². The largest absolute Gasteiger partial charge is 0.481 e. The Morgan fingerprint density at radius 1 is 1.33 bits per heavy atom. The fourth-order valence-electron chi connectivity index (χ4n) is 2.07. The van der Waals surface area contributed by atoms with Crippen LogP contribution in [0.4, 0.5) is 10.5 Å². The van der Waals surface area contributed by atoms with Crippen LogP contribution in [0.5, 0.6) is 0 Å². The van der Waals surface area contributed by atoms with E-state index in [9.17, 15) is 9.59 Å². The van der Waals surface area contributed by atoms with E-state index >= 15 is 0 Å². The lowest BCUT2D eigenvalue weighted by Gasteiger charge is -2.14. The van der Waals surface area contributed by atoms with Crippen LogP contribution in [0.2, 0.25) is 0 Å². The predicted octanol–water partition coefficient (Wildman–Crippen LogP) is 2.79. The number of amides is 2. The minimum absolute atomic E-state index is 0.180. The second-order valence-corrected chi connectivity index (χ2v) is 5.13. The highest BCUT2D eigenvalue weighted by Gasteiger charge is 2.09. The highest BCUT2D eigenvalue weighted by Crippen LogP contribution is 2.14. The van der Waals surface area contributed by atoms with Crippen LogP contribution < -0.4 is 10.6 Å². The zero-order chi connectivity index (χ0) is 15.7. The summed E-state index contributed by atoms with van der Waals surface area (Å²) < 4.78 is 0. The molecule has 0 aliphatic heterocycles. The lowest BCUT2D eigenvalue weighted by atomic mass is 9.97. The number of hydrogen-bond donors (Lipinski definition) is 3. The van der Waals surface area contributed by atoms with Crippen LogP contribution in [0.1, 0.15) is 38.2 Å². The van der Waals surface area contributed by atoms with Crippen LogP contribution in [0.25, 0.3) is 0 Å². The number of hydrogen-bond acceptors (Lipinski definition) is 3. The van der Waals surface area contributed by atoms with Crippen LogP contribution in [0, 0.1) is 12.8 Å². The van der Waals surface area contributed by atoms with E-state index in [0.29, 0.717) is 24.6 Å². The van der Waals surface area contributed by atoms with Gasteiger partial charge in [0, 0.05) is 19.2 Å². The molecule has 3 N–H and O–H groups in total. The van der Waals surface area contributed by atoms with Crippen LogP contribution in [0.15, 0.2) is 18.5 Å². The Labute approximate surface area is 125 Å². The smallest absolute Gasteiger partial charge is 0.319 e. The van der Waals surface area contributed by atoms with Gasteiger partial charge in [-0.3, -0.25) is 9.78 Å². The lowest BCUT2D eigenvalue weighted by Crippen LogP contribution is -2.30. The Balaban J connectivity index is 2.27. The molecule has 116 valence electrons. The van der Waals surface area contributed by atoms with Crippen LogP contribution in [-0.4, -0.2) is 28.6 Å². The molecule has 6 heteroatoms. The first-order chi connectivity index (χ1) is 10.0. The van der Waals surface area contributed by atoms with E-state index < -0.39 is 5.97 Å². The minimum atomic E-state index is -0.772. The molecule has 1 heterocycles. The van der Waals surface area contributed by atoms with Gasteiger partial charge in [-0.25, -0.2) is 4.79 Å². The molecule has 0 saturated carbocycles. The Bertz CT molecular complexity index is 477. The summed E-state index contributed by atoms with van der Waals surface area (Å²) in [4.78, 5) is 26.3. The highest BCUT2D eigenvalue weighted by molar-refractivity contribution is 5.89. The summed E-state index contributed by atoms with van der Waals surface area (Å²) in [5.74, 6) is -0.451. The van der Waals surface area contributed by atoms with Gasteiger partial charge in [-0.2, -0.15) is 0 Å². The van der Waals surface area contributed by atoms with E-state index in [1.165, 1.54) is 0 Å². The molecule has 1 aromatic heterocycles. The van der Waals surface area contributed by atoms with Crippen molar-refractivity contribution in [3.63, 3.8) is 0 Å². The van der Waals surface area contributed by atoms with Crippen molar-refractivity contribution in [2.45, 2.75) is 39.5 Å². The number of carbonyl (C=O) groups is 2. The fourth-order valence-corrected chi connectivity index (χ4v) is 2.07. The molecule has 0 saturated heterocycles. The van der Waals surface area contributed by atoms with E-state index in [2.05, 4.69) is 15.6 Å². The number of carbonyl (C=O) groups excluding carboxylic acids is 1. The van der Waals surface area contributed by atoms with Gasteiger partial charge in [0.2, 0.25) is 0 Å². The third-order valence-electron chi connectivity index (χ3n) is 3.31. The molecule has 0 aliphatic carbocycles. The number of rotatable bonds is 8. The van der Waals surface area contributed by atoms with Gasteiger partial charge < -0.3 is 15.7 Å². The number of aryl methyl sites for hydroxylation is 1. The van der Waals surface area contributed by atoms with Gasteiger partial charge in [0.25, 0.3) is 0 Å². The first kappa shape index (κ1) is 16.9. The van der Waals surface area contributed by atoms with E-state index in [-0.39, 0.29) is 12.5 Å². The molecule has 1 unspecified atom stereocenters. The number of aliphatic carboxylic acids is 1. The first-order valence-corrected chi connectivity index (χ1v) is 7.19. The Kier molecular flexibility index (Phi) is 7.21. The molecule has 0 aromatic carbocycles. The average Bonchev–Trinajstić information content (AvgIpc) is 2.42. The molecule has 0 spiro atoms. The molecule has 1 atom stereocenters. The Hall–Kier alpha value is -2.11. The van der Waals surface area contributed by atoms with Crippen molar-refractivity contribution in [3.05, 3.63) is 24.0 Å². The number of nitrogens with one attached hydrogen (secondary N) is 2. The van der Waals surface area contributed by atoms with Gasteiger partial charge in [0.15, 0.2) is 0 Å². The molecule has 2 amide bonds. The van der Waals surface area contributed by atoms with Crippen molar-refractivity contribution in [2.24, 2.45) is 5.92 Å². The Morgan fingerprint density at radius 2 is 2.10 bits per heavy atom. The summed E-state index contributed by atoms with van der Waals surface area (Å²) in [7, 11) is 0. The zero-order valence-corrected chi connectivity index (χ0v) is 12.6. The molecule has 6 nitrogen and oxygen atoms in total. The van der Waals surface area contributed by atoms with Crippen molar-refractivity contribution in [2.75, 3.05) is 11.9 Å². The number of nitrogens with zero attached hydrogens (tertiary/aromatic N) is 1. The molecule has 1 aromatic rings. The predicted molar refractivity (Wildman–Crippen MR) is 81.3 cm³/mol. The van der Waals surface area contributed by atoms with Crippen LogP contribution in [-0.2, 0) is 4.79 Å². The molecular formula is C15H23N3O3. The van der Waals surface area contributed by atoms with E-state index in [4.69, 9.17) is 5.11 Å². The first-order valence-electron chi connectivity index (χ1n) is 7.19. The maximum atomic E-state index is 11.7. The number of urea groups is 1. The maximum absolute atomic E-state index is 11.7. The fraction of sp³-hybridized carbons (Fsp3) is 0.533. The quantitative estimate of drug-likeness (QED) is 0.687. The molecule has 0 radical (unpaired) electrons. The number of pyridine rings is 1. The van der Waals surface area contributed by atoms with Crippen molar-refractivity contribution in [3.8, 4) is 0 Å². The lowest BCUT2D eigenvalue weighted by molar-refractivity contribution is -0.137. The van der Waals surface area contributed by atoms with Gasteiger partial charge in [-0.1, -0.05) is 13.3 Å². The molecule has 21 heavy (non-hydrogen) atoms. The summed E-state index contributed by atoms with van der Waals surface area (Å²) in [6.45, 7) is 4.47. The summed E-state index contributed by atoms with van der Waals surface area (Å²) >= 11 is 0. The van der Waals surface area contributed by atoms with E-state index in [1.54, 1.807) is 12.4 Å². The molecule has 1 rings (SSSR count). The summed E-state index contributed by atoms with van der Waals surface area (Å²) in [5, 5.41) is 14.2. The number of anilines is 1. The molecule has 0 aliphatic rings. The summed E-state index contributed by atoms with van der Waals surface area (Å²) in [6.07, 6.45) is 5.84. The van der Waals surface area contributed by atoms with Gasteiger partial charge in [-0.15, -0.1) is 0 Å². The van der Waals surface area contributed by atoms with Crippen molar-refractivity contribution >= 4 is 17.7 Å². The monoisotopic (exact) mass is 293 g/mol.